The monoisotopic (exact) mass is 307 g/mol. The predicted octanol–water partition coefficient (Wildman–Crippen LogP) is 3.04. The fourth-order valence-corrected chi connectivity index (χ4v) is 2.77. The van der Waals surface area contributed by atoms with Crippen LogP contribution in [0, 0.1) is 0 Å². The minimum Gasteiger partial charge on any atom is -0.399 e. The summed E-state index contributed by atoms with van der Waals surface area (Å²) in [6.45, 7) is 0.644. The normalized spacial score (nSPS) is 10.8. The van der Waals surface area contributed by atoms with Crippen molar-refractivity contribution in [1.82, 2.24) is 10.3 Å². The summed E-state index contributed by atoms with van der Waals surface area (Å²) in [6, 6.07) is 15.9. The molecule has 0 bridgehead atoms. The molecule has 4 nitrogen and oxygen atoms in total. The molecule has 2 aromatic carbocycles. The fraction of sp³-hybridized carbons (Fsp3) is 0.211. The van der Waals surface area contributed by atoms with Crippen molar-refractivity contribution in [3.8, 4) is 0 Å². The molecule has 1 heterocycles. The first-order valence-electron chi connectivity index (χ1n) is 7.89. The van der Waals surface area contributed by atoms with E-state index in [-0.39, 0.29) is 5.91 Å². The van der Waals surface area contributed by atoms with Gasteiger partial charge in [0.2, 0.25) is 5.91 Å². The summed E-state index contributed by atoms with van der Waals surface area (Å²) < 4.78 is 0. The Bertz CT molecular complexity index is 807. The number of hydrogen-bond donors (Lipinski definition) is 3. The highest BCUT2D eigenvalue weighted by atomic mass is 16.1. The van der Waals surface area contributed by atoms with E-state index in [1.165, 1.54) is 10.9 Å². The average molecular weight is 307 g/mol. The SMILES string of the molecule is Nc1ccccc1CCC(=O)NCCc1c[nH]c2ccccc12. The maximum Gasteiger partial charge on any atom is 0.220 e. The lowest BCUT2D eigenvalue weighted by Crippen LogP contribution is -2.25. The highest BCUT2D eigenvalue weighted by Crippen LogP contribution is 2.17. The molecule has 0 saturated heterocycles. The molecule has 1 amide bonds. The fourth-order valence-electron chi connectivity index (χ4n) is 2.77. The minimum atomic E-state index is 0.0631. The van der Waals surface area contributed by atoms with E-state index in [1.807, 2.05) is 42.6 Å². The van der Waals surface area contributed by atoms with Crippen LogP contribution in [0.2, 0.25) is 0 Å². The minimum absolute atomic E-state index is 0.0631. The molecule has 4 heteroatoms. The van der Waals surface area contributed by atoms with Crippen molar-refractivity contribution in [2.75, 3.05) is 12.3 Å². The Hall–Kier alpha value is -2.75. The summed E-state index contributed by atoms with van der Waals surface area (Å²) in [6.07, 6.45) is 3.97. The maximum absolute atomic E-state index is 12.0. The summed E-state index contributed by atoms with van der Waals surface area (Å²) in [5.41, 5.74) is 10.0. The van der Waals surface area contributed by atoms with Gasteiger partial charge in [-0.2, -0.15) is 0 Å². The molecule has 0 aliphatic carbocycles. The van der Waals surface area contributed by atoms with Gasteiger partial charge in [-0.3, -0.25) is 4.79 Å². The number of nitrogens with one attached hydrogen (secondary N) is 2. The molecule has 0 spiro atoms. The highest BCUT2D eigenvalue weighted by molar-refractivity contribution is 5.83. The Labute approximate surface area is 135 Å². The zero-order valence-corrected chi connectivity index (χ0v) is 13.0. The lowest BCUT2D eigenvalue weighted by Gasteiger charge is -2.07. The van der Waals surface area contributed by atoms with Gasteiger partial charge < -0.3 is 16.0 Å². The molecule has 23 heavy (non-hydrogen) atoms. The molecule has 0 saturated carbocycles. The van der Waals surface area contributed by atoms with Crippen molar-refractivity contribution in [2.45, 2.75) is 19.3 Å². The molecule has 4 N–H and O–H groups in total. The largest absolute Gasteiger partial charge is 0.399 e. The van der Waals surface area contributed by atoms with Crippen molar-refractivity contribution in [3.63, 3.8) is 0 Å². The summed E-state index contributed by atoms with van der Waals surface area (Å²) in [4.78, 5) is 15.2. The Morgan fingerprint density at radius 2 is 1.78 bits per heavy atom. The van der Waals surface area contributed by atoms with Crippen LogP contribution < -0.4 is 11.1 Å². The Balaban J connectivity index is 1.47. The molecule has 0 aliphatic rings. The summed E-state index contributed by atoms with van der Waals surface area (Å²) in [5.74, 6) is 0.0631. The van der Waals surface area contributed by atoms with E-state index in [1.54, 1.807) is 0 Å². The van der Waals surface area contributed by atoms with Crippen molar-refractivity contribution in [1.29, 1.82) is 0 Å². The van der Waals surface area contributed by atoms with E-state index in [0.717, 1.165) is 23.2 Å². The highest BCUT2D eigenvalue weighted by Gasteiger charge is 2.06. The standard InChI is InChI=1S/C19H21N3O/c20-17-7-3-1-5-14(17)9-10-19(23)21-12-11-15-13-22-18-8-4-2-6-16(15)18/h1-8,13,22H,9-12,20H2,(H,21,23). The molecule has 0 unspecified atom stereocenters. The molecule has 0 aliphatic heterocycles. The van der Waals surface area contributed by atoms with Crippen LogP contribution in [-0.2, 0) is 17.6 Å². The molecule has 0 radical (unpaired) electrons. The Kier molecular flexibility index (Phi) is 4.62. The van der Waals surface area contributed by atoms with Crippen molar-refractivity contribution in [2.24, 2.45) is 0 Å². The van der Waals surface area contributed by atoms with E-state index >= 15 is 0 Å². The second-order valence-electron chi connectivity index (χ2n) is 5.66. The number of rotatable bonds is 6. The Morgan fingerprint density at radius 3 is 2.65 bits per heavy atom. The maximum atomic E-state index is 12.0. The molecule has 1 aromatic heterocycles. The van der Waals surface area contributed by atoms with Gasteiger partial charge in [-0.05, 0) is 36.1 Å². The van der Waals surface area contributed by atoms with Gasteiger partial charge >= 0.3 is 0 Å². The molecule has 118 valence electrons. The quantitative estimate of drug-likeness (QED) is 0.613. The number of benzene rings is 2. The van der Waals surface area contributed by atoms with E-state index in [9.17, 15) is 4.79 Å². The average Bonchev–Trinajstić information content (AvgIpc) is 2.98. The second kappa shape index (κ2) is 7.01. The first kappa shape index (κ1) is 15.2. The Morgan fingerprint density at radius 1 is 1.00 bits per heavy atom. The van der Waals surface area contributed by atoms with Crippen LogP contribution in [0.1, 0.15) is 17.5 Å². The van der Waals surface area contributed by atoms with Gasteiger partial charge in [-0.25, -0.2) is 0 Å². The molecule has 0 atom stereocenters. The number of carbonyl (C=O) groups is 1. The van der Waals surface area contributed by atoms with Crippen molar-refractivity contribution < 1.29 is 4.79 Å². The number of nitrogens with two attached hydrogens (primary N) is 1. The van der Waals surface area contributed by atoms with Crippen LogP contribution in [0.15, 0.2) is 54.7 Å². The van der Waals surface area contributed by atoms with Gasteiger partial charge in [0, 0.05) is 35.8 Å². The zero-order valence-electron chi connectivity index (χ0n) is 13.0. The van der Waals surface area contributed by atoms with Crippen LogP contribution in [0.4, 0.5) is 5.69 Å². The smallest absolute Gasteiger partial charge is 0.220 e. The number of nitrogen functional groups attached to an aromatic ring is 1. The second-order valence-corrected chi connectivity index (χ2v) is 5.66. The van der Waals surface area contributed by atoms with Gasteiger partial charge in [-0.1, -0.05) is 36.4 Å². The van der Waals surface area contributed by atoms with Crippen LogP contribution in [0.3, 0.4) is 0 Å². The first-order chi connectivity index (χ1) is 11.2. The molecule has 3 aromatic rings. The number of hydrogen-bond acceptors (Lipinski definition) is 2. The van der Waals surface area contributed by atoms with Gasteiger partial charge in [0.05, 0.1) is 0 Å². The molecule has 3 rings (SSSR count). The number of aryl methyl sites for hydroxylation is 1. The molecule has 0 fully saturated rings. The topological polar surface area (TPSA) is 70.9 Å². The van der Waals surface area contributed by atoms with Crippen LogP contribution >= 0.6 is 0 Å². The van der Waals surface area contributed by atoms with Crippen molar-refractivity contribution in [3.05, 3.63) is 65.9 Å². The summed E-state index contributed by atoms with van der Waals surface area (Å²) in [7, 11) is 0. The lowest BCUT2D eigenvalue weighted by atomic mass is 10.1. The van der Waals surface area contributed by atoms with Gasteiger partial charge in [0.1, 0.15) is 0 Å². The van der Waals surface area contributed by atoms with Crippen molar-refractivity contribution >= 4 is 22.5 Å². The van der Waals surface area contributed by atoms with E-state index in [4.69, 9.17) is 5.73 Å². The third kappa shape index (κ3) is 3.72. The zero-order chi connectivity index (χ0) is 16.1. The number of H-pyrrole nitrogens is 1. The van der Waals surface area contributed by atoms with Gasteiger partial charge in [0.15, 0.2) is 0 Å². The number of carbonyl (C=O) groups excluding carboxylic acids is 1. The van der Waals surface area contributed by atoms with E-state index in [0.29, 0.717) is 19.4 Å². The lowest BCUT2D eigenvalue weighted by molar-refractivity contribution is -0.121. The third-order valence-corrected chi connectivity index (χ3v) is 4.07. The number of aromatic amines is 1. The van der Waals surface area contributed by atoms with Crippen LogP contribution in [0.25, 0.3) is 10.9 Å². The number of aromatic nitrogens is 1. The van der Waals surface area contributed by atoms with Crippen LogP contribution in [0.5, 0.6) is 0 Å². The molecular weight excluding hydrogens is 286 g/mol. The van der Waals surface area contributed by atoms with Crippen LogP contribution in [-0.4, -0.2) is 17.4 Å². The van der Waals surface area contributed by atoms with Gasteiger partial charge in [-0.15, -0.1) is 0 Å². The number of fused-ring (bicyclic) bond motifs is 1. The number of amides is 1. The van der Waals surface area contributed by atoms with Gasteiger partial charge in [0.25, 0.3) is 0 Å². The number of para-hydroxylation sites is 2. The molecular formula is C19H21N3O. The first-order valence-corrected chi connectivity index (χ1v) is 7.89. The number of anilines is 1. The summed E-state index contributed by atoms with van der Waals surface area (Å²) >= 11 is 0. The van der Waals surface area contributed by atoms with E-state index in [2.05, 4.69) is 22.4 Å². The van der Waals surface area contributed by atoms with E-state index < -0.39 is 0 Å². The summed E-state index contributed by atoms with van der Waals surface area (Å²) in [5, 5.41) is 4.20. The predicted molar refractivity (Wildman–Crippen MR) is 94.2 cm³/mol. The third-order valence-electron chi connectivity index (χ3n) is 4.07.